The van der Waals surface area contributed by atoms with E-state index in [1.54, 1.807) is 18.2 Å². The van der Waals surface area contributed by atoms with Crippen molar-refractivity contribution in [1.82, 2.24) is 0 Å². The Morgan fingerprint density at radius 2 is 1.86 bits per heavy atom. The summed E-state index contributed by atoms with van der Waals surface area (Å²) in [4.78, 5) is 13.6. The van der Waals surface area contributed by atoms with E-state index in [1.807, 2.05) is 32.0 Å². The first-order chi connectivity index (χ1) is 10.0. The Balaban J connectivity index is 2.37. The molecule has 0 atom stereocenters. The van der Waals surface area contributed by atoms with E-state index < -0.39 is 0 Å². The van der Waals surface area contributed by atoms with Gasteiger partial charge in [-0.2, -0.15) is 0 Å². The zero-order valence-corrected chi connectivity index (χ0v) is 12.8. The number of carbonyl (C=O) groups is 1. The number of rotatable bonds is 4. The number of halogens is 2. The summed E-state index contributed by atoms with van der Waals surface area (Å²) in [5.74, 6) is -0.710. The molecule has 2 aromatic carbocycles. The van der Waals surface area contributed by atoms with Crippen molar-refractivity contribution < 1.29 is 9.18 Å². The highest BCUT2D eigenvalue weighted by molar-refractivity contribution is 6.29. The largest absolute Gasteiger partial charge is 0.307 e. The average molecular weight is 306 g/mol. The number of amides is 1. The van der Waals surface area contributed by atoms with Crippen LogP contribution in [0.15, 0.2) is 42.5 Å². The summed E-state index contributed by atoms with van der Waals surface area (Å²) >= 11 is 5.69. The predicted octanol–water partition coefficient (Wildman–Crippen LogP) is 4.21. The fourth-order valence-electron chi connectivity index (χ4n) is 2.09. The van der Waals surface area contributed by atoms with Crippen molar-refractivity contribution in [2.24, 2.45) is 0 Å². The Kier molecular flexibility index (Phi) is 4.97. The van der Waals surface area contributed by atoms with Gasteiger partial charge < -0.3 is 4.90 Å². The van der Waals surface area contributed by atoms with Gasteiger partial charge in [0.1, 0.15) is 11.7 Å². The lowest BCUT2D eigenvalue weighted by Crippen LogP contribution is -2.31. The highest BCUT2D eigenvalue weighted by Crippen LogP contribution is 2.22. The van der Waals surface area contributed by atoms with E-state index in [1.165, 1.54) is 11.0 Å². The van der Waals surface area contributed by atoms with Gasteiger partial charge in [0, 0.05) is 11.3 Å². The molecule has 0 aliphatic carbocycles. The molecule has 2 nitrogen and oxygen atoms in total. The first-order valence-electron chi connectivity index (χ1n) is 6.70. The molecule has 110 valence electrons. The summed E-state index contributed by atoms with van der Waals surface area (Å²) < 4.78 is 13.8. The summed E-state index contributed by atoms with van der Waals surface area (Å²) in [6, 6.07) is 12.2. The monoisotopic (exact) mass is 305 g/mol. The van der Waals surface area contributed by atoms with Crippen LogP contribution in [-0.2, 0) is 11.3 Å². The maximum atomic E-state index is 13.8. The van der Waals surface area contributed by atoms with E-state index in [-0.39, 0.29) is 24.1 Å². The molecule has 0 saturated carbocycles. The van der Waals surface area contributed by atoms with Crippen molar-refractivity contribution in [1.29, 1.82) is 0 Å². The first kappa shape index (κ1) is 15.5. The fourth-order valence-corrected chi connectivity index (χ4v) is 2.23. The minimum Gasteiger partial charge on any atom is -0.307 e. The lowest BCUT2D eigenvalue weighted by molar-refractivity contribution is -0.116. The second-order valence-electron chi connectivity index (χ2n) is 4.97. The predicted molar refractivity (Wildman–Crippen MR) is 84.2 cm³/mol. The van der Waals surface area contributed by atoms with E-state index in [4.69, 9.17) is 11.6 Å². The van der Waals surface area contributed by atoms with Crippen LogP contribution >= 0.6 is 11.6 Å². The van der Waals surface area contributed by atoms with Crippen LogP contribution in [0.4, 0.5) is 10.1 Å². The first-order valence-corrected chi connectivity index (χ1v) is 7.23. The van der Waals surface area contributed by atoms with Gasteiger partial charge in [0.15, 0.2) is 0 Å². The summed E-state index contributed by atoms with van der Waals surface area (Å²) in [7, 11) is 0. The number of hydrogen-bond donors (Lipinski definition) is 0. The molecule has 0 heterocycles. The van der Waals surface area contributed by atoms with Gasteiger partial charge in [-0.25, -0.2) is 4.39 Å². The van der Waals surface area contributed by atoms with Gasteiger partial charge >= 0.3 is 0 Å². The van der Waals surface area contributed by atoms with Crippen molar-refractivity contribution in [3.63, 3.8) is 0 Å². The zero-order chi connectivity index (χ0) is 15.4. The molecule has 0 radical (unpaired) electrons. The zero-order valence-electron chi connectivity index (χ0n) is 12.1. The van der Waals surface area contributed by atoms with Crippen molar-refractivity contribution in [3.05, 3.63) is 65.0 Å². The summed E-state index contributed by atoms with van der Waals surface area (Å²) in [5.41, 5.74) is 3.41. The van der Waals surface area contributed by atoms with E-state index in [0.717, 1.165) is 16.8 Å². The summed E-state index contributed by atoms with van der Waals surface area (Å²) in [6.07, 6.45) is 0. The normalized spacial score (nSPS) is 10.5. The molecule has 0 aliphatic rings. The molecule has 21 heavy (non-hydrogen) atoms. The van der Waals surface area contributed by atoms with Crippen molar-refractivity contribution >= 4 is 23.2 Å². The molecule has 0 N–H and O–H groups in total. The maximum Gasteiger partial charge on any atom is 0.242 e. The highest BCUT2D eigenvalue weighted by Gasteiger charge is 2.17. The quantitative estimate of drug-likeness (QED) is 0.775. The number of hydrogen-bond acceptors (Lipinski definition) is 1. The van der Waals surface area contributed by atoms with Crippen LogP contribution in [0.3, 0.4) is 0 Å². The number of nitrogens with zero attached hydrogens (tertiary/aromatic N) is 1. The molecule has 0 saturated heterocycles. The average Bonchev–Trinajstić information content (AvgIpc) is 2.48. The van der Waals surface area contributed by atoms with Gasteiger partial charge in [0.25, 0.3) is 0 Å². The van der Waals surface area contributed by atoms with Gasteiger partial charge in [-0.15, -0.1) is 11.6 Å². The molecule has 0 unspecified atom stereocenters. The third kappa shape index (κ3) is 3.61. The molecule has 0 aromatic heterocycles. The van der Waals surface area contributed by atoms with Crippen LogP contribution in [0.5, 0.6) is 0 Å². The van der Waals surface area contributed by atoms with E-state index >= 15 is 0 Å². The molecular formula is C17H17ClFNO. The summed E-state index contributed by atoms with van der Waals surface area (Å²) in [6.45, 7) is 4.15. The van der Waals surface area contributed by atoms with Gasteiger partial charge in [-0.05, 0) is 43.2 Å². The van der Waals surface area contributed by atoms with E-state index in [2.05, 4.69) is 0 Å². The second-order valence-corrected chi connectivity index (χ2v) is 5.24. The minimum atomic E-state index is -0.325. The third-order valence-corrected chi connectivity index (χ3v) is 3.73. The van der Waals surface area contributed by atoms with Crippen LogP contribution < -0.4 is 4.90 Å². The molecule has 0 bridgehead atoms. The van der Waals surface area contributed by atoms with Crippen LogP contribution in [-0.4, -0.2) is 11.8 Å². The Labute approximate surface area is 129 Å². The van der Waals surface area contributed by atoms with Crippen LogP contribution in [0.2, 0.25) is 0 Å². The number of benzene rings is 2. The maximum absolute atomic E-state index is 13.8. The lowest BCUT2D eigenvalue weighted by Gasteiger charge is -2.23. The fraction of sp³-hybridized carbons (Fsp3) is 0.235. The smallest absolute Gasteiger partial charge is 0.242 e. The van der Waals surface area contributed by atoms with E-state index in [9.17, 15) is 9.18 Å². The molecule has 2 rings (SSSR count). The third-order valence-electron chi connectivity index (χ3n) is 3.50. The van der Waals surface area contributed by atoms with E-state index in [0.29, 0.717) is 5.56 Å². The van der Waals surface area contributed by atoms with Crippen LogP contribution in [0.1, 0.15) is 16.7 Å². The second kappa shape index (κ2) is 6.72. The molecule has 1 amide bonds. The Bertz CT molecular complexity index is 657. The number of alkyl halides is 1. The van der Waals surface area contributed by atoms with Gasteiger partial charge in [0.2, 0.25) is 5.91 Å². The number of anilines is 1. The van der Waals surface area contributed by atoms with Gasteiger partial charge in [-0.1, -0.05) is 24.3 Å². The van der Waals surface area contributed by atoms with Crippen molar-refractivity contribution in [3.8, 4) is 0 Å². The molecule has 0 aliphatic heterocycles. The Morgan fingerprint density at radius 3 is 2.48 bits per heavy atom. The standard InChI is InChI=1S/C17H17ClFNO/c1-12-7-8-15(9-13(12)2)20(17(21)10-18)11-14-5-3-4-6-16(14)19/h3-9H,10-11H2,1-2H3. The molecule has 0 spiro atoms. The molecule has 4 heteroatoms. The SMILES string of the molecule is Cc1ccc(N(Cc2ccccc2F)C(=O)CCl)cc1C. The Morgan fingerprint density at radius 1 is 1.14 bits per heavy atom. The van der Waals surface area contributed by atoms with Crippen LogP contribution in [0, 0.1) is 19.7 Å². The molecule has 2 aromatic rings. The van der Waals surface area contributed by atoms with Crippen LogP contribution in [0.25, 0.3) is 0 Å². The van der Waals surface area contributed by atoms with Gasteiger partial charge in [-0.3, -0.25) is 4.79 Å². The number of aryl methyl sites for hydroxylation is 2. The highest BCUT2D eigenvalue weighted by atomic mass is 35.5. The topological polar surface area (TPSA) is 20.3 Å². The van der Waals surface area contributed by atoms with Crippen molar-refractivity contribution in [2.45, 2.75) is 20.4 Å². The number of carbonyl (C=O) groups excluding carboxylic acids is 1. The Hall–Kier alpha value is -1.87. The molecular weight excluding hydrogens is 289 g/mol. The lowest BCUT2D eigenvalue weighted by atomic mass is 10.1. The van der Waals surface area contributed by atoms with Crippen molar-refractivity contribution in [2.75, 3.05) is 10.8 Å². The molecule has 0 fully saturated rings. The minimum absolute atomic E-state index is 0.138. The van der Waals surface area contributed by atoms with Gasteiger partial charge in [0.05, 0.1) is 6.54 Å². The summed E-state index contributed by atoms with van der Waals surface area (Å²) in [5, 5.41) is 0.